The van der Waals surface area contributed by atoms with Crippen LogP contribution in [0.25, 0.3) is 33.8 Å². The molecule has 0 amide bonds. The lowest BCUT2D eigenvalue weighted by molar-refractivity contribution is 0.0912. The highest BCUT2D eigenvalue weighted by molar-refractivity contribution is 7.99. The van der Waals surface area contributed by atoms with Gasteiger partial charge in [0.2, 0.25) is 5.91 Å². The van der Waals surface area contributed by atoms with E-state index < -0.39 is 0 Å². The molecule has 1 N–H and O–H groups in total. The molecule has 4 heterocycles. The summed E-state index contributed by atoms with van der Waals surface area (Å²) < 4.78 is 13.1. The number of benzene rings is 1. The fourth-order valence-corrected chi connectivity index (χ4v) is 5.54. The number of aromatic nitrogens is 3. The second-order valence-electron chi connectivity index (χ2n) is 8.20. The molecule has 0 atom stereocenters. The number of H-pyrrole nitrogens is 1. The van der Waals surface area contributed by atoms with Gasteiger partial charge in [-0.1, -0.05) is 30.0 Å². The number of para-hydroxylation sites is 1. The molecule has 1 aromatic carbocycles. The van der Waals surface area contributed by atoms with Crippen molar-refractivity contribution < 1.29 is 13.6 Å². The molecule has 7 heteroatoms. The Kier molecular flexibility index (Phi) is 5.19. The molecule has 6 nitrogen and oxygen atoms in total. The smallest absolute Gasteiger partial charge is 0.232 e. The summed E-state index contributed by atoms with van der Waals surface area (Å²) in [5, 5.41) is 1.96. The lowest BCUT2D eigenvalue weighted by atomic mass is 9.95. The quantitative estimate of drug-likeness (QED) is 0.291. The summed E-state index contributed by atoms with van der Waals surface area (Å²) in [4.78, 5) is 21.4. The second kappa shape index (κ2) is 8.48. The molecule has 0 unspecified atom stereocenters. The SMILES string of the molecule is O=C(CCSc1nc(-c2ccco2)c(-c2ccco2)[nH]1)n1c2c(c3ccccc31)CCCC2. The van der Waals surface area contributed by atoms with Crippen LogP contribution in [0.5, 0.6) is 0 Å². The second-order valence-corrected chi connectivity index (χ2v) is 9.28. The van der Waals surface area contributed by atoms with Crippen LogP contribution in [0.15, 0.2) is 75.0 Å². The third-order valence-corrected chi connectivity index (χ3v) is 7.06. The van der Waals surface area contributed by atoms with Crippen molar-refractivity contribution >= 4 is 28.6 Å². The highest BCUT2D eigenvalue weighted by Crippen LogP contribution is 2.34. The van der Waals surface area contributed by atoms with E-state index >= 15 is 0 Å². The fraction of sp³-hybridized carbons (Fsp3) is 0.231. The Morgan fingerprint density at radius 1 is 1.00 bits per heavy atom. The number of nitrogens with one attached hydrogen (secondary N) is 1. The van der Waals surface area contributed by atoms with Crippen molar-refractivity contribution in [3.63, 3.8) is 0 Å². The largest absolute Gasteiger partial charge is 0.463 e. The van der Waals surface area contributed by atoms with Gasteiger partial charge in [0.25, 0.3) is 0 Å². The average molecular weight is 458 g/mol. The molecule has 0 saturated carbocycles. The molecule has 166 valence electrons. The van der Waals surface area contributed by atoms with E-state index in [4.69, 9.17) is 13.8 Å². The van der Waals surface area contributed by atoms with Crippen LogP contribution in [0, 0.1) is 0 Å². The molecular formula is C26H23N3O3S. The normalized spacial score (nSPS) is 13.5. The van der Waals surface area contributed by atoms with E-state index in [1.165, 1.54) is 34.8 Å². The van der Waals surface area contributed by atoms with Crippen molar-refractivity contribution in [3.8, 4) is 22.9 Å². The Morgan fingerprint density at radius 2 is 1.79 bits per heavy atom. The van der Waals surface area contributed by atoms with Gasteiger partial charge in [0.05, 0.1) is 18.0 Å². The summed E-state index contributed by atoms with van der Waals surface area (Å²) in [5.74, 6) is 2.14. The van der Waals surface area contributed by atoms with Crippen LogP contribution in [-0.4, -0.2) is 26.2 Å². The number of carbonyl (C=O) groups is 1. The molecule has 0 aliphatic heterocycles. The van der Waals surface area contributed by atoms with Gasteiger partial charge >= 0.3 is 0 Å². The van der Waals surface area contributed by atoms with Crippen LogP contribution in [0.1, 0.15) is 35.3 Å². The van der Waals surface area contributed by atoms with Crippen molar-refractivity contribution in [1.82, 2.24) is 14.5 Å². The van der Waals surface area contributed by atoms with Crippen LogP contribution in [0.3, 0.4) is 0 Å². The predicted molar refractivity (Wildman–Crippen MR) is 129 cm³/mol. The lowest BCUT2D eigenvalue weighted by Crippen LogP contribution is -2.16. The maximum atomic E-state index is 13.3. The van der Waals surface area contributed by atoms with Crippen molar-refractivity contribution in [2.45, 2.75) is 37.3 Å². The van der Waals surface area contributed by atoms with E-state index in [0.717, 1.165) is 35.6 Å². The minimum Gasteiger partial charge on any atom is -0.463 e. The maximum Gasteiger partial charge on any atom is 0.232 e. The molecule has 1 aliphatic carbocycles. The van der Waals surface area contributed by atoms with Gasteiger partial charge in [-0.05, 0) is 61.6 Å². The van der Waals surface area contributed by atoms with E-state index in [9.17, 15) is 4.79 Å². The third-order valence-electron chi connectivity index (χ3n) is 6.19. The summed E-state index contributed by atoms with van der Waals surface area (Å²) in [5.41, 5.74) is 5.08. The number of hydrogen-bond acceptors (Lipinski definition) is 5. The fourth-order valence-electron chi connectivity index (χ4n) is 4.74. The Hall–Kier alpha value is -3.45. The van der Waals surface area contributed by atoms with Gasteiger partial charge in [0, 0.05) is 23.3 Å². The van der Waals surface area contributed by atoms with Gasteiger partial charge in [0.15, 0.2) is 16.7 Å². The summed E-state index contributed by atoms with van der Waals surface area (Å²) in [6, 6.07) is 15.7. The van der Waals surface area contributed by atoms with E-state index in [2.05, 4.69) is 23.2 Å². The zero-order valence-corrected chi connectivity index (χ0v) is 18.9. The molecule has 1 aliphatic rings. The summed E-state index contributed by atoms with van der Waals surface area (Å²) in [6.45, 7) is 0. The van der Waals surface area contributed by atoms with Crippen LogP contribution in [-0.2, 0) is 12.8 Å². The standard InChI is InChI=1S/C26H23N3O3S/c30-23(29-19-9-3-1-7-17(19)18-8-2-4-10-20(18)29)13-16-33-26-27-24(21-11-5-14-31-21)25(28-26)22-12-6-15-32-22/h1,3,5-7,9,11-12,14-15H,2,4,8,10,13,16H2,(H,27,28). The monoisotopic (exact) mass is 457 g/mol. The van der Waals surface area contributed by atoms with Crippen molar-refractivity contribution in [3.05, 3.63) is 72.3 Å². The van der Waals surface area contributed by atoms with Crippen molar-refractivity contribution in [1.29, 1.82) is 0 Å². The van der Waals surface area contributed by atoms with E-state index in [1.807, 2.05) is 34.9 Å². The zero-order valence-electron chi connectivity index (χ0n) is 18.0. The molecule has 4 aromatic heterocycles. The number of aryl methyl sites for hydroxylation is 1. The number of fused-ring (bicyclic) bond motifs is 3. The third kappa shape index (κ3) is 3.62. The summed E-state index contributed by atoms with van der Waals surface area (Å²) in [7, 11) is 0. The van der Waals surface area contributed by atoms with E-state index in [1.54, 1.807) is 12.5 Å². The predicted octanol–water partition coefficient (Wildman–Crippen LogP) is 6.59. The van der Waals surface area contributed by atoms with Gasteiger partial charge in [-0.3, -0.25) is 9.36 Å². The number of imidazole rings is 1. The van der Waals surface area contributed by atoms with Crippen molar-refractivity contribution in [2.75, 3.05) is 5.75 Å². The molecule has 0 fully saturated rings. The topological polar surface area (TPSA) is 77.0 Å². The number of hydrogen-bond donors (Lipinski definition) is 1. The first-order valence-electron chi connectivity index (χ1n) is 11.2. The number of furan rings is 2. The van der Waals surface area contributed by atoms with Gasteiger partial charge in [0.1, 0.15) is 11.4 Å². The number of carbonyl (C=O) groups excluding carboxylic acids is 1. The first-order valence-corrected chi connectivity index (χ1v) is 12.2. The Labute approximate surface area is 195 Å². The maximum absolute atomic E-state index is 13.3. The van der Waals surface area contributed by atoms with Crippen molar-refractivity contribution in [2.24, 2.45) is 0 Å². The zero-order chi connectivity index (χ0) is 22.2. The van der Waals surface area contributed by atoms with E-state index in [-0.39, 0.29) is 5.91 Å². The lowest BCUT2D eigenvalue weighted by Gasteiger charge is -2.15. The van der Waals surface area contributed by atoms with Crippen LogP contribution in [0.4, 0.5) is 0 Å². The van der Waals surface area contributed by atoms with Gasteiger partial charge < -0.3 is 13.8 Å². The molecule has 0 bridgehead atoms. The summed E-state index contributed by atoms with van der Waals surface area (Å²) in [6.07, 6.45) is 8.06. The van der Waals surface area contributed by atoms with Gasteiger partial charge in [-0.15, -0.1) is 0 Å². The molecular weight excluding hydrogens is 434 g/mol. The Bertz CT molecular complexity index is 1360. The highest BCUT2D eigenvalue weighted by Gasteiger charge is 2.23. The van der Waals surface area contributed by atoms with Gasteiger partial charge in [-0.25, -0.2) is 4.98 Å². The molecule has 0 radical (unpaired) electrons. The number of nitrogens with zero attached hydrogens (tertiary/aromatic N) is 2. The van der Waals surface area contributed by atoms with Crippen LogP contribution < -0.4 is 0 Å². The van der Waals surface area contributed by atoms with Crippen LogP contribution in [0.2, 0.25) is 0 Å². The molecule has 0 saturated heterocycles. The Morgan fingerprint density at radius 3 is 2.61 bits per heavy atom. The Balaban J connectivity index is 1.23. The minimum absolute atomic E-state index is 0.144. The number of rotatable bonds is 6. The number of aromatic amines is 1. The molecule has 33 heavy (non-hydrogen) atoms. The highest BCUT2D eigenvalue weighted by atomic mass is 32.2. The number of thioether (sulfide) groups is 1. The van der Waals surface area contributed by atoms with Gasteiger partial charge in [-0.2, -0.15) is 0 Å². The molecule has 6 rings (SSSR count). The first kappa shape index (κ1) is 20.2. The molecule has 5 aromatic rings. The molecule has 0 spiro atoms. The average Bonchev–Trinajstić information content (AvgIpc) is 3.64. The van der Waals surface area contributed by atoms with Crippen LogP contribution >= 0.6 is 11.8 Å². The minimum atomic E-state index is 0.144. The first-order chi connectivity index (χ1) is 16.3. The summed E-state index contributed by atoms with van der Waals surface area (Å²) >= 11 is 1.53. The van der Waals surface area contributed by atoms with E-state index in [0.29, 0.717) is 29.4 Å².